The van der Waals surface area contributed by atoms with Gasteiger partial charge in [-0.05, 0) is 41.5 Å². The van der Waals surface area contributed by atoms with Crippen LogP contribution in [0.3, 0.4) is 0 Å². The number of nitrogens with zero attached hydrogens (tertiary/aromatic N) is 4. The van der Waals surface area contributed by atoms with E-state index in [2.05, 4.69) is 66.7 Å². The summed E-state index contributed by atoms with van der Waals surface area (Å²) in [5.41, 5.74) is 10.1. The summed E-state index contributed by atoms with van der Waals surface area (Å²) >= 11 is 0. The van der Waals surface area contributed by atoms with Crippen molar-refractivity contribution in [3.63, 3.8) is 0 Å². The molecule has 3 heterocycles. The topological polar surface area (TPSA) is 64.7 Å². The summed E-state index contributed by atoms with van der Waals surface area (Å²) < 4.78 is 6.54. The molecule has 0 unspecified atom stereocenters. The molecule has 0 spiro atoms. The first kappa shape index (κ1) is 28.5. The van der Waals surface area contributed by atoms with Crippen molar-refractivity contribution in [2.45, 2.75) is 0 Å². The standard InChI is InChI=1S/C44H28N4O/c1-5-15-29(16-6-1)33-26-37(30-17-7-2-8-18-30)45-38(27-33)34-25-36(41-35-23-13-14-24-39(35)49-40(41)28-34)44-47-42(31-19-9-3-10-20-31)46-43(48-44)32-21-11-4-12-22-32/h1-28H. The Balaban J connectivity index is 1.33. The van der Waals surface area contributed by atoms with E-state index in [4.69, 9.17) is 24.4 Å². The molecule has 5 nitrogen and oxygen atoms in total. The molecule has 0 radical (unpaired) electrons. The van der Waals surface area contributed by atoms with Crippen molar-refractivity contribution in [2.75, 3.05) is 0 Å². The Morgan fingerprint density at radius 3 is 1.43 bits per heavy atom. The number of benzene rings is 6. The van der Waals surface area contributed by atoms with E-state index in [1.165, 1.54) is 0 Å². The van der Waals surface area contributed by atoms with Crippen LogP contribution in [-0.4, -0.2) is 19.9 Å². The lowest BCUT2D eigenvalue weighted by molar-refractivity contribution is 0.669. The number of fused-ring (bicyclic) bond motifs is 3. The van der Waals surface area contributed by atoms with Gasteiger partial charge in [-0.2, -0.15) is 0 Å². The second kappa shape index (κ2) is 12.1. The first-order chi connectivity index (χ1) is 24.3. The molecule has 0 saturated carbocycles. The molecule has 3 aromatic heterocycles. The second-order valence-corrected chi connectivity index (χ2v) is 11.9. The largest absolute Gasteiger partial charge is 0.456 e. The maximum atomic E-state index is 6.54. The SMILES string of the molecule is c1ccc(-c2cc(-c3ccccc3)nc(-c3cc(-c4nc(-c5ccccc5)nc(-c5ccccc5)n4)c4c(c3)oc3ccccc34)c2)cc1. The third-order valence-corrected chi connectivity index (χ3v) is 8.72. The van der Waals surface area contributed by atoms with E-state index >= 15 is 0 Å². The summed E-state index contributed by atoms with van der Waals surface area (Å²) in [6, 6.07) is 57.4. The first-order valence-electron chi connectivity index (χ1n) is 16.2. The predicted octanol–water partition coefficient (Wildman–Crippen LogP) is 11.2. The van der Waals surface area contributed by atoms with Crippen LogP contribution in [0, 0.1) is 0 Å². The molecule has 230 valence electrons. The number of para-hydroxylation sites is 1. The fourth-order valence-corrected chi connectivity index (χ4v) is 6.34. The van der Waals surface area contributed by atoms with Gasteiger partial charge in [0.25, 0.3) is 0 Å². The molecular formula is C44H28N4O. The third kappa shape index (κ3) is 5.43. The van der Waals surface area contributed by atoms with Crippen LogP contribution in [0.4, 0.5) is 0 Å². The van der Waals surface area contributed by atoms with E-state index in [-0.39, 0.29) is 0 Å². The van der Waals surface area contributed by atoms with Gasteiger partial charge in [-0.3, -0.25) is 0 Å². The highest BCUT2D eigenvalue weighted by atomic mass is 16.3. The van der Waals surface area contributed by atoms with E-state index < -0.39 is 0 Å². The highest BCUT2D eigenvalue weighted by molar-refractivity contribution is 6.13. The maximum Gasteiger partial charge on any atom is 0.164 e. The molecule has 0 aliphatic heterocycles. The van der Waals surface area contributed by atoms with E-state index in [0.717, 1.165) is 72.3 Å². The third-order valence-electron chi connectivity index (χ3n) is 8.72. The van der Waals surface area contributed by atoms with Gasteiger partial charge in [0.2, 0.25) is 0 Å². The number of furan rings is 1. The molecule has 0 aliphatic carbocycles. The number of hydrogen-bond donors (Lipinski definition) is 0. The second-order valence-electron chi connectivity index (χ2n) is 11.9. The average molecular weight is 629 g/mol. The molecule has 6 aromatic carbocycles. The first-order valence-corrected chi connectivity index (χ1v) is 16.2. The lowest BCUT2D eigenvalue weighted by Crippen LogP contribution is -2.00. The maximum absolute atomic E-state index is 6.54. The molecule has 9 aromatic rings. The molecule has 49 heavy (non-hydrogen) atoms. The Kier molecular flexibility index (Phi) is 7.06. The van der Waals surface area contributed by atoms with Gasteiger partial charge < -0.3 is 4.42 Å². The summed E-state index contributed by atoms with van der Waals surface area (Å²) in [4.78, 5) is 20.4. The minimum Gasteiger partial charge on any atom is -0.456 e. The van der Waals surface area contributed by atoms with Crippen LogP contribution in [0.1, 0.15) is 0 Å². The van der Waals surface area contributed by atoms with Gasteiger partial charge in [-0.25, -0.2) is 19.9 Å². The fraction of sp³-hybridized carbons (Fsp3) is 0. The Hall–Kier alpha value is -6.72. The summed E-state index contributed by atoms with van der Waals surface area (Å²) in [5.74, 6) is 1.77. The monoisotopic (exact) mass is 628 g/mol. The zero-order valence-corrected chi connectivity index (χ0v) is 26.4. The molecule has 0 N–H and O–H groups in total. The molecule has 0 aliphatic rings. The smallest absolute Gasteiger partial charge is 0.164 e. The molecule has 9 rings (SSSR count). The Bertz CT molecular complexity index is 2470. The fourth-order valence-electron chi connectivity index (χ4n) is 6.34. The van der Waals surface area contributed by atoms with E-state index in [1.54, 1.807) is 0 Å². The van der Waals surface area contributed by atoms with Crippen molar-refractivity contribution < 1.29 is 4.42 Å². The number of pyridine rings is 1. The lowest BCUT2D eigenvalue weighted by Gasteiger charge is -2.13. The molecule has 0 saturated heterocycles. The number of aromatic nitrogens is 4. The van der Waals surface area contributed by atoms with Gasteiger partial charge in [0.1, 0.15) is 11.2 Å². The van der Waals surface area contributed by atoms with Crippen molar-refractivity contribution in [2.24, 2.45) is 0 Å². The predicted molar refractivity (Wildman–Crippen MR) is 198 cm³/mol. The average Bonchev–Trinajstić information content (AvgIpc) is 3.57. The zero-order valence-electron chi connectivity index (χ0n) is 26.4. The van der Waals surface area contributed by atoms with Crippen molar-refractivity contribution in [3.05, 3.63) is 170 Å². The van der Waals surface area contributed by atoms with Gasteiger partial charge >= 0.3 is 0 Å². The van der Waals surface area contributed by atoms with E-state index in [9.17, 15) is 0 Å². The highest BCUT2D eigenvalue weighted by Gasteiger charge is 2.20. The van der Waals surface area contributed by atoms with Crippen LogP contribution in [-0.2, 0) is 0 Å². The Morgan fingerprint density at radius 2 is 0.816 bits per heavy atom. The summed E-state index contributed by atoms with van der Waals surface area (Å²) in [5, 5.41) is 1.95. The minimum atomic E-state index is 0.564. The van der Waals surface area contributed by atoms with Crippen molar-refractivity contribution in [3.8, 4) is 67.8 Å². The van der Waals surface area contributed by atoms with Crippen LogP contribution in [0.5, 0.6) is 0 Å². The van der Waals surface area contributed by atoms with Crippen molar-refractivity contribution in [1.29, 1.82) is 0 Å². The number of rotatable bonds is 6. The molecule has 0 amide bonds. The van der Waals surface area contributed by atoms with Crippen LogP contribution in [0.2, 0.25) is 0 Å². The molecule has 0 bridgehead atoms. The van der Waals surface area contributed by atoms with Gasteiger partial charge in [0, 0.05) is 38.6 Å². The zero-order chi connectivity index (χ0) is 32.6. The van der Waals surface area contributed by atoms with Gasteiger partial charge in [0.05, 0.1) is 11.4 Å². The lowest BCUT2D eigenvalue weighted by atomic mass is 9.97. The Morgan fingerprint density at radius 1 is 0.327 bits per heavy atom. The van der Waals surface area contributed by atoms with Crippen molar-refractivity contribution in [1.82, 2.24) is 19.9 Å². The van der Waals surface area contributed by atoms with Crippen LogP contribution < -0.4 is 0 Å². The minimum absolute atomic E-state index is 0.564. The van der Waals surface area contributed by atoms with Crippen LogP contribution in [0.25, 0.3) is 89.7 Å². The van der Waals surface area contributed by atoms with Gasteiger partial charge in [-0.15, -0.1) is 0 Å². The normalized spacial score (nSPS) is 11.3. The van der Waals surface area contributed by atoms with E-state index in [1.807, 2.05) is 103 Å². The molecule has 0 atom stereocenters. The van der Waals surface area contributed by atoms with E-state index in [0.29, 0.717) is 17.5 Å². The van der Waals surface area contributed by atoms with Crippen LogP contribution >= 0.6 is 0 Å². The van der Waals surface area contributed by atoms with Crippen molar-refractivity contribution >= 4 is 21.9 Å². The number of hydrogen-bond acceptors (Lipinski definition) is 5. The summed E-state index contributed by atoms with van der Waals surface area (Å²) in [6.45, 7) is 0. The van der Waals surface area contributed by atoms with Crippen LogP contribution in [0.15, 0.2) is 174 Å². The quantitative estimate of drug-likeness (QED) is 0.183. The molecule has 0 fully saturated rings. The Labute approximate surface area is 283 Å². The summed E-state index contributed by atoms with van der Waals surface area (Å²) in [6.07, 6.45) is 0. The van der Waals surface area contributed by atoms with Gasteiger partial charge in [-0.1, -0.05) is 140 Å². The molecule has 5 heteroatoms. The summed E-state index contributed by atoms with van der Waals surface area (Å²) in [7, 11) is 0. The van der Waals surface area contributed by atoms with Gasteiger partial charge in [0.15, 0.2) is 17.5 Å². The molecular weight excluding hydrogens is 601 g/mol. The highest BCUT2D eigenvalue weighted by Crippen LogP contribution is 2.40.